The fourth-order valence-electron chi connectivity index (χ4n) is 3.79. The van der Waals surface area contributed by atoms with Crippen LogP contribution in [0.25, 0.3) is 15.9 Å². The number of benzene rings is 1. The van der Waals surface area contributed by atoms with Crippen molar-refractivity contribution in [1.82, 2.24) is 19.4 Å². The Morgan fingerprint density at radius 1 is 1.06 bits per heavy atom. The van der Waals surface area contributed by atoms with E-state index >= 15 is 0 Å². The number of methoxy groups -OCH3 is 2. The molecule has 0 saturated carbocycles. The maximum Gasteiger partial charge on any atom is 0.279 e. The average molecular weight is 460 g/mol. The molecule has 0 fully saturated rings. The van der Waals surface area contributed by atoms with Gasteiger partial charge in [0.15, 0.2) is 5.13 Å². The second-order valence-corrected chi connectivity index (χ2v) is 8.35. The molecule has 4 heterocycles. The van der Waals surface area contributed by atoms with Crippen molar-refractivity contribution in [3.63, 3.8) is 0 Å². The van der Waals surface area contributed by atoms with Gasteiger partial charge in [-0.05, 0) is 42.8 Å². The lowest BCUT2D eigenvalue weighted by Gasteiger charge is -2.20. The van der Waals surface area contributed by atoms with Crippen LogP contribution in [0.15, 0.2) is 61.1 Å². The van der Waals surface area contributed by atoms with Gasteiger partial charge in [-0.25, -0.2) is 9.97 Å². The number of nitrogens with zero attached hydrogens (tertiary/aromatic N) is 5. The maximum atomic E-state index is 14.0. The van der Waals surface area contributed by atoms with E-state index in [4.69, 9.17) is 14.5 Å². The van der Waals surface area contributed by atoms with E-state index in [1.807, 2.05) is 60.0 Å². The second kappa shape index (κ2) is 8.51. The molecule has 0 N–H and O–H groups in total. The molecular formula is C24H21N5O3S. The highest BCUT2D eigenvalue weighted by Crippen LogP contribution is 2.40. The molecule has 5 aromatic rings. The van der Waals surface area contributed by atoms with Crippen molar-refractivity contribution >= 4 is 38.2 Å². The van der Waals surface area contributed by atoms with E-state index in [9.17, 15) is 4.79 Å². The first-order valence-corrected chi connectivity index (χ1v) is 11.1. The van der Waals surface area contributed by atoms with Crippen LogP contribution in [0.3, 0.4) is 0 Å². The zero-order valence-electron chi connectivity index (χ0n) is 18.3. The Kier molecular flexibility index (Phi) is 5.39. The highest BCUT2D eigenvalue weighted by molar-refractivity contribution is 7.22. The number of hydrogen-bond donors (Lipinski definition) is 0. The van der Waals surface area contributed by atoms with Crippen LogP contribution >= 0.6 is 11.3 Å². The molecule has 0 radical (unpaired) electrons. The van der Waals surface area contributed by atoms with Crippen molar-refractivity contribution in [3.05, 3.63) is 78.0 Å². The predicted octanol–water partition coefficient (Wildman–Crippen LogP) is 4.51. The van der Waals surface area contributed by atoms with E-state index in [1.54, 1.807) is 31.5 Å². The fourth-order valence-corrected chi connectivity index (χ4v) is 4.86. The number of ether oxygens (including phenoxy) is 2. The van der Waals surface area contributed by atoms with Gasteiger partial charge in [0.05, 0.1) is 26.5 Å². The van der Waals surface area contributed by atoms with Crippen LogP contribution in [-0.4, -0.2) is 39.5 Å². The Balaban J connectivity index is 1.68. The third kappa shape index (κ3) is 3.66. The monoisotopic (exact) mass is 459 g/mol. The van der Waals surface area contributed by atoms with Crippen molar-refractivity contribution < 1.29 is 14.3 Å². The number of fused-ring (bicyclic) bond motifs is 2. The molecule has 1 amide bonds. The van der Waals surface area contributed by atoms with Crippen molar-refractivity contribution in [2.75, 3.05) is 19.1 Å². The number of amides is 1. The van der Waals surface area contributed by atoms with E-state index in [-0.39, 0.29) is 5.91 Å². The number of imidazole rings is 1. The summed E-state index contributed by atoms with van der Waals surface area (Å²) in [5.74, 6) is 1.09. The van der Waals surface area contributed by atoms with Gasteiger partial charge in [-0.1, -0.05) is 23.5 Å². The van der Waals surface area contributed by atoms with Crippen molar-refractivity contribution in [1.29, 1.82) is 0 Å². The number of rotatable bonds is 6. The summed E-state index contributed by atoms with van der Waals surface area (Å²) in [6, 6.07) is 13.1. The Bertz CT molecular complexity index is 1420. The Labute approximate surface area is 194 Å². The molecule has 4 aromatic heterocycles. The standard InChI is InChI=1S/C24H21N5O3S/c1-15-21(28-12-5-4-8-19(28)26-15)23(30)29(14-16-7-6-11-25-13-16)24-27-20-17(31-2)9-10-18(32-3)22(20)33-24/h4-13H,14H2,1-3H3. The summed E-state index contributed by atoms with van der Waals surface area (Å²) < 4.78 is 13.7. The number of thiazole rings is 1. The van der Waals surface area contributed by atoms with Gasteiger partial charge in [0, 0.05) is 18.6 Å². The second-order valence-electron chi connectivity index (χ2n) is 7.37. The molecule has 9 heteroatoms. The van der Waals surface area contributed by atoms with Crippen LogP contribution in [0.5, 0.6) is 11.5 Å². The van der Waals surface area contributed by atoms with Crippen LogP contribution in [0.2, 0.25) is 0 Å². The van der Waals surface area contributed by atoms with Crippen LogP contribution in [0.4, 0.5) is 5.13 Å². The minimum absolute atomic E-state index is 0.202. The molecule has 0 saturated heterocycles. The SMILES string of the molecule is COc1ccc(OC)c2sc(N(Cc3cccnc3)C(=O)c3c(C)nc4ccccn34)nc12. The first kappa shape index (κ1) is 20.9. The molecule has 0 unspecified atom stereocenters. The molecular weight excluding hydrogens is 438 g/mol. The van der Waals surface area contributed by atoms with Gasteiger partial charge in [-0.15, -0.1) is 0 Å². The van der Waals surface area contributed by atoms with Gasteiger partial charge < -0.3 is 9.47 Å². The van der Waals surface area contributed by atoms with Crippen molar-refractivity contribution in [3.8, 4) is 11.5 Å². The van der Waals surface area contributed by atoms with Gasteiger partial charge in [-0.2, -0.15) is 0 Å². The van der Waals surface area contributed by atoms with Crippen LogP contribution in [-0.2, 0) is 6.54 Å². The molecule has 0 aliphatic rings. The smallest absolute Gasteiger partial charge is 0.279 e. The molecule has 0 aliphatic carbocycles. The number of anilines is 1. The maximum absolute atomic E-state index is 14.0. The van der Waals surface area contributed by atoms with Gasteiger partial charge >= 0.3 is 0 Å². The van der Waals surface area contributed by atoms with Gasteiger partial charge in [0.2, 0.25) is 0 Å². The van der Waals surface area contributed by atoms with Crippen LogP contribution < -0.4 is 14.4 Å². The zero-order chi connectivity index (χ0) is 22.9. The van der Waals surface area contributed by atoms with Gasteiger partial charge in [0.1, 0.15) is 33.1 Å². The summed E-state index contributed by atoms with van der Waals surface area (Å²) in [4.78, 5) is 29.2. The molecule has 5 rings (SSSR count). The Morgan fingerprint density at radius 3 is 2.64 bits per heavy atom. The lowest BCUT2D eigenvalue weighted by Crippen LogP contribution is -2.31. The molecule has 0 spiro atoms. The third-order valence-electron chi connectivity index (χ3n) is 5.35. The Hall–Kier alpha value is -3.98. The first-order chi connectivity index (χ1) is 16.1. The lowest BCUT2D eigenvalue weighted by atomic mass is 10.2. The summed E-state index contributed by atoms with van der Waals surface area (Å²) in [7, 11) is 3.21. The first-order valence-electron chi connectivity index (χ1n) is 10.3. The summed E-state index contributed by atoms with van der Waals surface area (Å²) >= 11 is 1.38. The van der Waals surface area contributed by atoms with Crippen molar-refractivity contribution in [2.24, 2.45) is 0 Å². The molecule has 0 atom stereocenters. The predicted molar refractivity (Wildman–Crippen MR) is 127 cm³/mol. The van der Waals surface area contributed by atoms with Crippen LogP contribution in [0.1, 0.15) is 21.7 Å². The fraction of sp³-hybridized carbons (Fsp3) is 0.167. The topological polar surface area (TPSA) is 81.9 Å². The molecule has 1 aromatic carbocycles. The summed E-state index contributed by atoms with van der Waals surface area (Å²) in [5, 5.41) is 0.534. The molecule has 0 aliphatic heterocycles. The normalized spacial score (nSPS) is 11.1. The van der Waals surface area contributed by atoms with Crippen molar-refractivity contribution in [2.45, 2.75) is 13.5 Å². The Morgan fingerprint density at radius 2 is 1.88 bits per heavy atom. The minimum atomic E-state index is -0.202. The summed E-state index contributed by atoms with van der Waals surface area (Å²) in [6.45, 7) is 2.14. The van der Waals surface area contributed by atoms with E-state index in [0.717, 1.165) is 10.3 Å². The van der Waals surface area contributed by atoms with Crippen LogP contribution in [0, 0.1) is 6.92 Å². The lowest BCUT2D eigenvalue weighted by molar-refractivity contribution is 0.0979. The average Bonchev–Trinajstić information content (AvgIpc) is 3.43. The van der Waals surface area contributed by atoms with Gasteiger partial charge in [-0.3, -0.25) is 19.1 Å². The molecule has 8 nitrogen and oxygen atoms in total. The van der Waals surface area contributed by atoms with E-state index < -0.39 is 0 Å². The number of aromatic nitrogens is 4. The number of hydrogen-bond acceptors (Lipinski definition) is 7. The summed E-state index contributed by atoms with van der Waals surface area (Å²) in [6.07, 6.45) is 5.29. The molecule has 33 heavy (non-hydrogen) atoms. The van der Waals surface area contributed by atoms with Gasteiger partial charge in [0.25, 0.3) is 5.91 Å². The highest BCUT2D eigenvalue weighted by atomic mass is 32.1. The number of aryl methyl sites for hydroxylation is 1. The molecule has 0 bridgehead atoms. The largest absolute Gasteiger partial charge is 0.495 e. The van der Waals surface area contributed by atoms with E-state index in [0.29, 0.717) is 45.7 Å². The van der Waals surface area contributed by atoms with E-state index in [1.165, 1.54) is 11.3 Å². The van der Waals surface area contributed by atoms with E-state index in [2.05, 4.69) is 9.97 Å². The highest BCUT2D eigenvalue weighted by Gasteiger charge is 2.27. The number of carbonyl (C=O) groups is 1. The quantitative estimate of drug-likeness (QED) is 0.372. The number of carbonyl (C=O) groups excluding carboxylic acids is 1. The minimum Gasteiger partial charge on any atom is -0.495 e. The number of pyridine rings is 2. The molecule has 166 valence electrons. The zero-order valence-corrected chi connectivity index (χ0v) is 19.2. The summed E-state index contributed by atoms with van der Waals surface area (Å²) in [5.41, 5.74) is 3.39. The third-order valence-corrected chi connectivity index (χ3v) is 6.44.